The van der Waals surface area contributed by atoms with Crippen LogP contribution in [0.3, 0.4) is 0 Å². The first kappa shape index (κ1) is 14.0. The van der Waals surface area contributed by atoms with E-state index in [1.54, 1.807) is 12.1 Å². The average Bonchev–Trinajstić information content (AvgIpc) is 2.77. The number of halogens is 1. The highest BCUT2D eigenvalue weighted by atomic mass is 35.5. The highest BCUT2D eigenvalue weighted by Gasteiger charge is 2.23. The van der Waals surface area contributed by atoms with Gasteiger partial charge in [0.1, 0.15) is 0 Å². The summed E-state index contributed by atoms with van der Waals surface area (Å²) < 4.78 is 5.24. The Labute approximate surface area is 118 Å². The lowest BCUT2D eigenvalue weighted by atomic mass is 9.85. The van der Waals surface area contributed by atoms with Gasteiger partial charge in [-0.2, -0.15) is 4.98 Å². The molecule has 0 fully saturated rings. The van der Waals surface area contributed by atoms with Crippen LogP contribution in [0, 0.1) is 5.41 Å². The van der Waals surface area contributed by atoms with Gasteiger partial charge in [0.25, 0.3) is 0 Å². The van der Waals surface area contributed by atoms with Crippen molar-refractivity contribution in [2.24, 2.45) is 11.1 Å². The summed E-state index contributed by atoms with van der Waals surface area (Å²) in [5, 5.41) is 4.65. The minimum absolute atomic E-state index is 0.00883. The lowest BCUT2D eigenvalue weighted by Crippen LogP contribution is -2.36. The molecule has 0 radical (unpaired) electrons. The van der Waals surface area contributed by atoms with Crippen molar-refractivity contribution >= 4 is 11.6 Å². The van der Waals surface area contributed by atoms with Crippen LogP contribution in [0.1, 0.15) is 26.7 Å². The zero-order valence-corrected chi connectivity index (χ0v) is 12.1. The molecule has 1 aromatic carbocycles. The van der Waals surface area contributed by atoms with Crippen molar-refractivity contribution in [3.05, 3.63) is 35.2 Å². The summed E-state index contributed by atoms with van der Waals surface area (Å²) in [5.74, 6) is 1.13. The van der Waals surface area contributed by atoms with Gasteiger partial charge in [-0.1, -0.05) is 37.5 Å². The Morgan fingerprint density at radius 2 is 1.89 bits per heavy atom. The Morgan fingerprint density at radius 1 is 1.26 bits per heavy atom. The molecule has 2 N–H and O–H groups in total. The zero-order valence-electron chi connectivity index (χ0n) is 11.4. The first-order chi connectivity index (χ1) is 8.86. The number of nitrogens with two attached hydrogens (primary N) is 1. The third kappa shape index (κ3) is 3.55. The van der Waals surface area contributed by atoms with Crippen molar-refractivity contribution in [2.45, 2.75) is 33.2 Å². The molecule has 1 atom stereocenters. The summed E-state index contributed by atoms with van der Waals surface area (Å²) in [7, 11) is 0. The second-order valence-corrected chi connectivity index (χ2v) is 6.13. The van der Waals surface area contributed by atoms with Crippen LogP contribution < -0.4 is 5.73 Å². The molecule has 2 rings (SSSR count). The van der Waals surface area contributed by atoms with Gasteiger partial charge in [0, 0.05) is 23.0 Å². The maximum Gasteiger partial charge on any atom is 0.228 e. The first-order valence-electron chi connectivity index (χ1n) is 6.20. The van der Waals surface area contributed by atoms with Crippen LogP contribution in [0.15, 0.2) is 28.8 Å². The number of hydrogen-bond acceptors (Lipinski definition) is 4. The van der Waals surface area contributed by atoms with E-state index in [0.29, 0.717) is 23.2 Å². The molecule has 0 aliphatic rings. The Bertz CT molecular complexity index is 543. The van der Waals surface area contributed by atoms with Crippen LogP contribution in [-0.2, 0) is 6.42 Å². The van der Waals surface area contributed by atoms with Crippen LogP contribution in [0.25, 0.3) is 11.4 Å². The summed E-state index contributed by atoms with van der Waals surface area (Å²) in [4.78, 5) is 4.36. The second-order valence-electron chi connectivity index (χ2n) is 5.70. The average molecular weight is 280 g/mol. The van der Waals surface area contributed by atoms with E-state index in [1.807, 2.05) is 12.1 Å². The molecule has 1 aromatic heterocycles. The minimum Gasteiger partial charge on any atom is -0.339 e. The van der Waals surface area contributed by atoms with Crippen molar-refractivity contribution in [1.82, 2.24) is 10.1 Å². The van der Waals surface area contributed by atoms with Gasteiger partial charge in [-0.05, 0) is 29.7 Å². The largest absolute Gasteiger partial charge is 0.339 e. The van der Waals surface area contributed by atoms with Gasteiger partial charge in [-0.25, -0.2) is 0 Å². The van der Waals surface area contributed by atoms with E-state index >= 15 is 0 Å². The number of rotatable bonds is 3. The standard InChI is InChI=1S/C14H18ClN3O/c1-14(2,3)11(16)8-12-17-13(18-19-12)9-4-6-10(15)7-5-9/h4-7,11H,8,16H2,1-3H3. The van der Waals surface area contributed by atoms with Gasteiger partial charge < -0.3 is 10.3 Å². The Balaban J connectivity index is 2.13. The molecular formula is C14H18ClN3O. The molecule has 0 saturated carbocycles. The zero-order chi connectivity index (χ0) is 14.0. The molecule has 19 heavy (non-hydrogen) atoms. The maximum absolute atomic E-state index is 6.11. The second kappa shape index (κ2) is 5.31. The van der Waals surface area contributed by atoms with E-state index in [4.69, 9.17) is 21.9 Å². The molecule has 2 aromatic rings. The van der Waals surface area contributed by atoms with E-state index < -0.39 is 0 Å². The van der Waals surface area contributed by atoms with E-state index in [-0.39, 0.29) is 11.5 Å². The predicted octanol–water partition coefficient (Wildman–Crippen LogP) is 3.31. The van der Waals surface area contributed by atoms with Gasteiger partial charge in [-0.15, -0.1) is 0 Å². The Morgan fingerprint density at radius 3 is 2.47 bits per heavy atom. The molecule has 0 saturated heterocycles. The van der Waals surface area contributed by atoms with Crippen molar-refractivity contribution < 1.29 is 4.52 Å². The van der Waals surface area contributed by atoms with Crippen molar-refractivity contribution in [3.63, 3.8) is 0 Å². The van der Waals surface area contributed by atoms with Gasteiger partial charge >= 0.3 is 0 Å². The van der Waals surface area contributed by atoms with Crippen LogP contribution in [-0.4, -0.2) is 16.2 Å². The molecule has 0 aliphatic carbocycles. The van der Waals surface area contributed by atoms with E-state index in [0.717, 1.165) is 5.56 Å². The van der Waals surface area contributed by atoms with Gasteiger partial charge in [0.2, 0.25) is 11.7 Å². The monoisotopic (exact) mass is 279 g/mol. The quantitative estimate of drug-likeness (QED) is 0.936. The third-order valence-corrected chi connectivity index (χ3v) is 3.33. The van der Waals surface area contributed by atoms with Gasteiger partial charge in [0.15, 0.2) is 0 Å². The molecule has 1 heterocycles. The molecule has 1 unspecified atom stereocenters. The lowest BCUT2D eigenvalue weighted by Gasteiger charge is -2.25. The lowest BCUT2D eigenvalue weighted by molar-refractivity contribution is 0.286. The van der Waals surface area contributed by atoms with Crippen LogP contribution in [0.4, 0.5) is 0 Å². The summed E-state index contributed by atoms with van der Waals surface area (Å²) >= 11 is 5.84. The summed E-state index contributed by atoms with van der Waals surface area (Å²) in [6, 6.07) is 7.30. The summed E-state index contributed by atoms with van der Waals surface area (Å²) in [6.45, 7) is 6.27. The van der Waals surface area contributed by atoms with Crippen molar-refractivity contribution in [2.75, 3.05) is 0 Å². The minimum atomic E-state index is -0.0222. The fourth-order valence-electron chi connectivity index (χ4n) is 1.55. The van der Waals surface area contributed by atoms with Gasteiger partial charge in [-0.3, -0.25) is 0 Å². The topological polar surface area (TPSA) is 64.9 Å². The molecule has 0 amide bonds. The number of nitrogens with zero attached hydrogens (tertiary/aromatic N) is 2. The molecule has 0 spiro atoms. The normalized spacial score (nSPS) is 13.5. The van der Waals surface area contributed by atoms with Crippen molar-refractivity contribution in [3.8, 4) is 11.4 Å². The number of hydrogen-bond donors (Lipinski definition) is 1. The third-order valence-electron chi connectivity index (χ3n) is 3.08. The van der Waals surface area contributed by atoms with Gasteiger partial charge in [0.05, 0.1) is 0 Å². The molecule has 4 nitrogen and oxygen atoms in total. The summed E-state index contributed by atoms with van der Waals surface area (Å²) in [5.41, 5.74) is 6.99. The molecular weight excluding hydrogens is 262 g/mol. The van der Waals surface area contributed by atoms with Crippen LogP contribution in [0.5, 0.6) is 0 Å². The van der Waals surface area contributed by atoms with E-state index in [2.05, 4.69) is 30.9 Å². The molecule has 5 heteroatoms. The maximum atomic E-state index is 6.11. The Kier molecular flexibility index (Phi) is 3.92. The highest BCUT2D eigenvalue weighted by Crippen LogP contribution is 2.22. The number of aromatic nitrogens is 2. The Hall–Kier alpha value is -1.39. The fourth-order valence-corrected chi connectivity index (χ4v) is 1.67. The SMILES string of the molecule is CC(C)(C)C(N)Cc1nc(-c2ccc(Cl)cc2)no1. The van der Waals surface area contributed by atoms with Crippen LogP contribution >= 0.6 is 11.6 Å². The predicted molar refractivity (Wildman–Crippen MR) is 75.9 cm³/mol. The highest BCUT2D eigenvalue weighted by molar-refractivity contribution is 6.30. The molecule has 0 aliphatic heterocycles. The van der Waals surface area contributed by atoms with E-state index in [1.165, 1.54) is 0 Å². The van der Waals surface area contributed by atoms with Crippen molar-refractivity contribution in [1.29, 1.82) is 0 Å². The smallest absolute Gasteiger partial charge is 0.228 e. The fraction of sp³-hybridized carbons (Fsp3) is 0.429. The summed E-state index contributed by atoms with van der Waals surface area (Å²) in [6.07, 6.45) is 0.574. The molecule has 102 valence electrons. The first-order valence-corrected chi connectivity index (χ1v) is 6.58. The molecule has 0 bridgehead atoms. The van der Waals surface area contributed by atoms with E-state index in [9.17, 15) is 0 Å². The number of benzene rings is 1. The van der Waals surface area contributed by atoms with Crippen LogP contribution in [0.2, 0.25) is 5.02 Å².